The molecule has 84 valence electrons. The van der Waals surface area contributed by atoms with Gasteiger partial charge in [0.1, 0.15) is 0 Å². The van der Waals surface area contributed by atoms with E-state index >= 15 is 0 Å². The minimum Gasteiger partial charge on any atom is -0.466 e. The van der Waals surface area contributed by atoms with Crippen LogP contribution >= 0.6 is 0 Å². The van der Waals surface area contributed by atoms with Crippen molar-refractivity contribution >= 4 is 5.97 Å². The Morgan fingerprint density at radius 3 is 2.50 bits per heavy atom. The molecule has 0 aromatic heterocycles. The van der Waals surface area contributed by atoms with Gasteiger partial charge < -0.3 is 14.9 Å². The molecule has 0 saturated heterocycles. The molecule has 0 aromatic rings. The smallest absolute Gasteiger partial charge is 0.308 e. The molecule has 0 fully saturated rings. The van der Waals surface area contributed by atoms with Crippen LogP contribution in [0.3, 0.4) is 0 Å². The fourth-order valence-electron chi connectivity index (χ4n) is 1.04. The molecule has 0 heterocycles. The normalized spacial score (nSPS) is 14.9. The van der Waals surface area contributed by atoms with Crippen LogP contribution in [0.4, 0.5) is 0 Å². The van der Waals surface area contributed by atoms with E-state index in [1.165, 1.54) is 0 Å². The van der Waals surface area contributed by atoms with Crippen LogP contribution in [0.1, 0.15) is 33.1 Å². The van der Waals surface area contributed by atoms with Gasteiger partial charge in [0.05, 0.1) is 19.1 Å². The minimum atomic E-state index is -0.641. The van der Waals surface area contributed by atoms with Gasteiger partial charge in [-0.3, -0.25) is 4.79 Å². The lowest BCUT2D eigenvalue weighted by Gasteiger charge is -2.10. The van der Waals surface area contributed by atoms with Crippen molar-refractivity contribution in [3.63, 3.8) is 0 Å². The van der Waals surface area contributed by atoms with E-state index in [1.54, 1.807) is 6.92 Å². The molecule has 2 unspecified atom stereocenters. The van der Waals surface area contributed by atoms with Gasteiger partial charge in [0.2, 0.25) is 0 Å². The first kappa shape index (κ1) is 13.4. The molecular formula is C10H20O4. The van der Waals surface area contributed by atoms with Crippen LogP contribution in [0.25, 0.3) is 0 Å². The fourth-order valence-corrected chi connectivity index (χ4v) is 1.04. The van der Waals surface area contributed by atoms with Gasteiger partial charge in [0.25, 0.3) is 0 Å². The molecule has 4 nitrogen and oxygen atoms in total. The molecule has 0 amide bonds. The van der Waals surface area contributed by atoms with Crippen molar-refractivity contribution < 1.29 is 19.7 Å². The largest absolute Gasteiger partial charge is 0.466 e. The van der Waals surface area contributed by atoms with Crippen LogP contribution in [0.15, 0.2) is 0 Å². The van der Waals surface area contributed by atoms with E-state index in [0.717, 1.165) is 12.8 Å². The summed E-state index contributed by atoms with van der Waals surface area (Å²) in [5.74, 6) is -0.00412. The predicted octanol–water partition coefficient (Wildman–Crippen LogP) is 0.709. The Labute approximate surface area is 84.9 Å². The maximum absolute atomic E-state index is 11.0. The van der Waals surface area contributed by atoms with Crippen LogP contribution in [-0.2, 0) is 9.53 Å². The van der Waals surface area contributed by atoms with Gasteiger partial charge >= 0.3 is 5.97 Å². The van der Waals surface area contributed by atoms with Crippen LogP contribution in [0.5, 0.6) is 0 Å². The summed E-state index contributed by atoms with van der Waals surface area (Å²) in [5, 5.41) is 17.5. The van der Waals surface area contributed by atoms with Gasteiger partial charge in [-0.15, -0.1) is 0 Å². The standard InChI is InChI=1S/C10H20O4/c1-8(3-5-11)4-6-14-10(13)7-9(2)12/h8-9,11-12H,3-7H2,1-2H3. The zero-order valence-corrected chi connectivity index (χ0v) is 8.90. The molecule has 0 saturated carbocycles. The second-order valence-electron chi connectivity index (χ2n) is 3.68. The van der Waals surface area contributed by atoms with Gasteiger partial charge in [-0.05, 0) is 25.7 Å². The average molecular weight is 204 g/mol. The third-order valence-corrected chi connectivity index (χ3v) is 1.96. The predicted molar refractivity (Wildman–Crippen MR) is 52.7 cm³/mol. The van der Waals surface area contributed by atoms with Crippen LogP contribution in [0.2, 0.25) is 0 Å². The van der Waals surface area contributed by atoms with Gasteiger partial charge in [-0.1, -0.05) is 6.92 Å². The Kier molecular flexibility index (Phi) is 7.42. The maximum atomic E-state index is 11.0. The number of hydrogen-bond acceptors (Lipinski definition) is 4. The lowest BCUT2D eigenvalue weighted by atomic mass is 10.1. The molecule has 0 spiro atoms. The molecular weight excluding hydrogens is 184 g/mol. The highest BCUT2D eigenvalue weighted by atomic mass is 16.5. The second kappa shape index (κ2) is 7.76. The SMILES string of the molecule is CC(O)CC(=O)OCCC(C)CCO. The topological polar surface area (TPSA) is 66.8 Å². The van der Waals surface area contributed by atoms with Crippen LogP contribution in [0, 0.1) is 5.92 Å². The van der Waals surface area contributed by atoms with Crippen molar-refractivity contribution in [1.82, 2.24) is 0 Å². The molecule has 14 heavy (non-hydrogen) atoms. The third-order valence-electron chi connectivity index (χ3n) is 1.96. The van der Waals surface area contributed by atoms with E-state index in [9.17, 15) is 4.79 Å². The third kappa shape index (κ3) is 8.01. The number of aliphatic hydroxyl groups excluding tert-OH is 2. The Bertz CT molecular complexity index is 156. The quantitative estimate of drug-likeness (QED) is 0.599. The van der Waals surface area contributed by atoms with Crippen LogP contribution < -0.4 is 0 Å². The van der Waals surface area contributed by atoms with E-state index in [4.69, 9.17) is 14.9 Å². The Morgan fingerprint density at radius 2 is 2.00 bits per heavy atom. The average Bonchev–Trinajstić information content (AvgIpc) is 2.02. The summed E-state index contributed by atoms with van der Waals surface area (Å²) in [5.41, 5.74) is 0. The molecule has 0 aromatic carbocycles. The minimum absolute atomic E-state index is 0.0500. The summed E-state index contributed by atoms with van der Waals surface area (Å²) >= 11 is 0. The fraction of sp³-hybridized carbons (Fsp3) is 0.900. The van der Waals surface area contributed by atoms with Gasteiger partial charge in [-0.2, -0.15) is 0 Å². The first-order valence-electron chi connectivity index (χ1n) is 5.00. The molecule has 2 atom stereocenters. The highest BCUT2D eigenvalue weighted by Gasteiger charge is 2.08. The second-order valence-corrected chi connectivity index (χ2v) is 3.68. The van der Waals surface area contributed by atoms with Gasteiger partial charge in [0, 0.05) is 6.61 Å². The lowest BCUT2D eigenvalue weighted by molar-refractivity contribution is -0.145. The van der Waals surface area contributed by atoms with Gasteiger partial charge in [0.15, 0.2) is 0 Å². The number of aliphatic hydroxyl groups is 2. The number of carbonyl (C=O) groups is 1. The maximum Gasteiger partial charge on any atom is 0.308 e. The van der Waals surface area contributed by atoms with Crippen molar-refractivity contribution in [2.24, 2.45) is 5.92 Å². The highest BCUT2D eigenvalue weighted by Crippen LogP contribution is 2.06. The summed E-state index contributed by atoms with van der Waals surface area (Å²) in [6, 6.07) is 0. The van der Waals surface area contributed by atoms with Crippen molar-refractivity contribution in [1.29, 1.82) is 0 Å². The first-order valence-corrected chi connectivity index (χ1v) is 5.00. The highest BCUT2D eigenvalue weighted by molar-refractivity contribution is 5.69. The molecule has 0 aliphatic heterocycles. The molecule has 0 radical (unpaired) electrons. The number of ether oxygens (including phenoxy) is 1. The number of carbonyl (C=O) groups excluding carboxylic acids is 1. The van der Waals surface area contributed by atoms with Crippen molar-refractivity contribution in [2.75, 3.05) is 13.2 Å². The molecule has 2 N–H and O–H groups in total. The zero-order valence-electron chi connectivity index (χ0n) is 8.90. The lowest BCUT2D eigenvalue weighted by Crippen LogP contribution is -2.14. The Balaban J connectivity index is 3.39. The van der Waals surface area contributed by atoms with Crippen molar-refractivity contribution in [2.45, 2.75) is 39.2 Å². The van der Waals surface area contributed by atoms with Gasteiger partial charge in [-0.25, -0.2) is 0 Å². The molecule has 0 bridgehead atoms. The molecule has 0 aliphatic rings. The molecule has 4 heteroatoms. The number of rotatable bonds is 7. The van der Waals surface area contributed by atoms with Crippen LogP contribution in [-0.4, -0.2) is 35.5 Å². The van der Waals surface area contributed by atoms with E-state index in [1.807, 2.05) is 6.92 Å². The summed E-state index contributed by atoms with van der Waals surface area (Å²) in [6.45, 7) is 4.09. The summed E-state index contributed by atoms with van der Waals surface area (Å²) in [6.07, 6.45) is 0.895. The Hall–Kier alpha value is -0.610. The summed E-state index contributed by atoms with van der Waals surface area (Å²) in [4.78, 5) is 11.0. The monoisotopic (exact) mass is 204 g/mol. The molecule has 0 aliphatic carbocycles. The first-order chi connectivity index (χ1) is 6.56. The van der Waals surface area contributed by atoms with Crippen molar-refractivity contribution in [3.05, 3.63) is 0 Å². The van der Waals surface area contributed by atoms with E-state index in [0.29, 0.717) is 12.5 Å². The van der Waals surface area contributed by atoms with E-state index in [-0.39, 0.29) is 19.0 Å². The van der Waals surface area contributed by atoms with E-state index < -0.39 is 6.10 Å². The zero-order chi connectivity index (χ0) is 11.0. The summed E-state index contributed by atoms with van der Waals surface area (Å²) < 4.78 is 4.89. The Morgan fingerprint density at radius 1 is 1.36 bits per heavy atom. The van der Waals surface area contributed by atoms with Crippen molar-refractivity contribution in [3.8, 4) is 0 Å². The number of esters is 1. The number of hydrogen-bond donors (Lipinski definition) is 2. The molecule has 0 rings (SSSR count). The summed E-state index contributed by atoms with van der Waals surface area (Å²) in [7, 11) is 0. The van der Waals surface area contributed by atoms with E-state index in [2.05, 4.69) is 0 Å².